The van der Waals surface area contributed by atoms with Crippen LogP contribution in [0.1, 0.15) is 6.42 Å². The van der Waals surface area contributed by atoms with E-state index in [9.17, 15) is 4.79 Å². The molecule has 82 valence electrons. The number of carbonyl (C=O) groups excluding carboxylic acids is 1. The van der Waals surface area contributed by atoms with Gasteiger partial charge in [-0.15, -0.1) is 0 Å². The Labute approximate surface area is 85.2 Å². The number of urea groups is 1. The summed E-state index contributed by atoms with van der Waals surface area (Å²) in [4.78, 5) is 12.7. The summed E-state index contributed by atoms with van der Waals surface area (Å²) in [5.74, 6) is 0. The van der Waals surface area contributed by atoms with Gasteiger partial charge in [-0.1, -0.05) is 0 Å². The SMILES string of the molecule is CN(C)C(=O)NCCNC1CCNC1. The van der Waals surface area contributed by atoms with E-state index in [0.717, 1.165) is 19.6 Å². The van der Waals surface area contributed by atoms with E-state index >= 15 is 0 Å². The molecule has 0 aromatic carbocycles. The first kappa shape index (κ1) is 11.3. The van der Waals surface area contributed by atoms with Gasteiger partial charge in [-0.3, -0.25) is 0 Å². The fraction of sp³-hybridized carbons (Fsp3) is 0.889. The van der Waals surface area contributed by atoms with Crippen molar-refractivity contribution in [1.29, 1.82) is 0 Å². The number of amides is 2. The van der Waals surface area contributed by atoms with Gasteiger partial charge in [0.15, 0.2) is 0 Å². The first-order chi connectivity index (χ1) is 6.70. The largest absolute Gasteiger partial charge is 0.337 e. The van der Waals surface area contributed by atoms with Gasteiger partial charge < -0.3 is 20.9 Å². The predicted molar refractivity (Wildman–Crippen MR) is 56.4 cm³/mol. The van der Waals surface area contributed by atoms with Crippen molar-refractivity contribution in [2.24, 2.45) is 0 Å². The molecule has 3 N–H and O–H groups in total. The monoisotopic (exact) mass is 200 g/mol. The van der Waals surface area contributed by atoms with E-state index in [4.69, 9.17) is 0 Å². The smallest absolute Gasteiger partial charge is 0.316 e. The third kappa shape index (κ3) is 3.93. The summed E-state index contributed by atoms with van der Waals surface area (Å²) < 4.78 is 0. The van der Waals surface area contributed by atoms with Crippen molar-refractivity contribution in [3.63, 3.8) is 0 Å². The van der Waals surface area contributed by atoms with Crippen LogP contribution in [-0.4, -0.2) is 57.2 Å². The molecule has 0 aliphatic carbocycles. The number of hydrogen-bond donors (Lipinski definition) is 3. The number of rotatable bonds is 4. The van der Waals surface area contributed by atoms with Crippen molar-refractivity contribution in [2.75, 3.05) is 40.3 Å². The van der Waals surface area contributed by atoms with Gasteiger partial charge in [0, 0.05) is 39.8 Å². The Morgan fingerprint density at radius 1 is 1.50 bits per heavy atom. The topological polar surface area (TPSA) is 56.4 Å². The van der Waals surface area contributed by atoms with E-state index in [1.807, 2.05) is 0 Å². The summed E-state index contributed by atoms with van der Waals surface area (Å²) in [6.07, 6.45) is 1.18. The molecule has 0 aromatic rings. The average Bonchev–Trinajstić information content (AvgIpc) is 2.64. The first-order valence-corrected chi connectivity index (χ1v) is 5.09. The minimum absolute atomic E-state index is 0.0312. The predicted octanol–water partition coefficient (Wildman–Crippen LogP) is -0.791. The van der Waals surface area contributed by atoms with Gasteiger partial charge in [0.25, 0.3) is 0 Å². The molecular formula is C9H20N4O. The maximum atomic E-state index is 11.1. The second kappa shape index (κ2) is 5.82. The zero-order chi connectivity index (χ0) is 10.4. The van der Waals surface area contributed by atoms with Gasteiger partial charge in [-0.2, -0.15) is 0 Å². The second-order valence-corrected chi connectivity index (χ2v) is 3.77. The summed E-state index contributed by atoms with van der Waals surface area (Å²) in [5, 5.41) is 9.47. The van der Waals surface area contributed by atoms with E-state index in [0.29, 0.717) is 12.6 Å². The van der Waals surface area contributed by atoms with Gasteiger partial charge in [-0.25, -0.2) is 4.79 Å². The highest BCUT2D eigenvalue weighted by Crippen LogP contribution is 1.95. The van der Waals surface area contributed by atoms with Crippen LogP contribution in [0, 0.1) is 0 Å². The molecule has 1 fully saturated rings. The van der Waals surface area contributed by atoms with Crippen LogP contribution in [-0.2, 0) is 0 Å². The molecule has 1 aliphatic rings. The van der Waals surface area contributed by atoms with Crippen LogP contribution in [0.3, 0.4) is 0 Å². The molecule has 0 aromatic heterocycles. The lowest BCUT2D eigenvalue weighted by Crippen LogP contribution is -2.41. The first-order valence-electron chi connectivity index (χ1n) is 5.09. The molecule has 0 radical (unpaired) electrons. The summed E-state index contributed by atoms with van der Waals surface area (Å²) in [5.41, 5.74) is 0. The Kier molecular flexibility index (Phi) is 4.69. The fourth-order valence-electron chi connectivity index (χ4n) is 1.43. The number of carbonyl (C=O) groups is 1. The minimum Gasteiger partial charge on any atom is -0.337 e. The van der Waals surface area contributed by atoms with Gasteiger partial charge in [0.2, 0.25) is 0 Å². The van der Waals surface area contributed by atoms with E-state index < -0.39 is 0 Å². The summed E-state index contributed by atoms with van der Waals surface area (Å²) in [6.45, 7) is 3.67. The summed E-state index contributed by atoms with van der Waals surface area (Å²) >= 11 is 0. The van der Waals surface area contributed by atoms with E-state index in [1.54, 1.807) is 14.1 Å². The van der Waals surface area contributed by atoms with Crippen LogP contribution in [0.4, 0.5) is 4.79 Å². The fourth-order valence-corrected chi connectivity index (χ4v) is 1.43. The molecule has 0 saturated carbocycles. The summed E-state index contributed by atoms with van der Waals surface area (Å²) in [6, 6.07) is 0.544. The molecule has 1 aliphatic heterocycles. The van der Waals surface area contributed by atoms with Gasteiger partial charge in [0.05, 0.1) is 0 Å². The number of nitrogens with one attached hydrogen (secondary N) is 3. The molecule has 14 heavy (non-hydrogen) atoms. The molecular weight excluding hydrogens is 180 g/mol. The highest BCUT2D eigenvalue weighted by molar-refractivity contribution is 5.73. The van der Waals surface area contributed by atoms with Crippen LogP contribution in [0.5, 0.6) is 0 Å². The lowest BCUT2D eigenvalue weighted by Gasteiger charge is -2.14. The lowest BCUT2D eigenvalue weighted by atomic mass is 10.2. The van der Waals surface area contributed by atoms with E-state index in [2.05, 4.69) is 16.0 Å². The Balaban J connectivity index is 1.96. The van der Waals surface area contributed by atoms with Crippen LogP contribution < -0.4 is 16.0 Å². The Bertz CT molecular complexity index is 178. The zero-order valence-corrected chi connectivity index (χ0v) is 8.97. The van der Waals surface area contributed by atoms with E-state index in [-0.39, 0.29) is 6.03 Å². The quantitative estimate of drug-likeness (QED) is 0.521. The van der Waals surface area contributed by atoms with Crippen molar-refractivity contribution < 1.29 is 4.79 Å². The molecule has 0 bridgehead atoms. The molecule has 2 amide bonds. The van der Waals surface area contributed by atoms with Crippen molar-refractivity contribution in [1.82, 2.24) is 20.9 Å². The standard InChI is InChI=1S/C9H20N4O/c1-13(2)9(14)12-6-5-11-8-3-4-10-7-8/h8,10-11H,3-7H2,1-2H3,(H,12,14). The lowest BCUT2D eigenvalue weighted by molar-refractivity contribution is 0.217. The van der Waals surface area contributed by atoms with Gasteiger partial charge in [-0.05, 0) is 13.0 Å². The summed E-state index contributed by atoms with van der Waals surface area (Å²) in [7, 11) is 3.48. The molecule has 5 nitrogen and oxygen atoms in total. The van der Waals surface area contributed by atoms with Crippen LogP contribution in [0.2, 0.25) is 0 Å². The normalized spacial score (nSPS) is 20.9. The third-order valence-electron chi connectivity index (χ3n) is 2.30. The highest BCUT2D eigenvalue weighted by Gasteiger charge is 2.12. The van der Waals surface area contributed by atoms with Gasteiger partial charge in [0.1, 0.15) is 0 Å². The van der Waals surface area contributed by atoms with Crippen molar-refractivity contribution in [3.8, 4) is 0 Å². The number of nitrogens with zero attached hydrogens (tertiary/aromatic N) is 1. The number of hydrogen-bond acceptors (Lipinski definition) is 3. The molecule has 1 heterocycles. The molecule has 0 spiro atoms. The average molecular weight is 200 g/mol. The third-order valence-corrected chi connectivity index (χ3v) is 2.30. The Morgan fingerprint density at radius 3 is 2.86 bits per heavy atom. The van der Waals surface area contributed by atoms with Crippen LogP contribution >= 0.6 is 0 Å². The maximum absolute atomic E-state index is 11.1. The molecule has 1 rings (SSSR count). The molecule has 1 atom stereocenters. The van der Waals surface area contributed by atoms with Crippen LogP contribution in [0.25, 0.3) is 0 Å². The van der Waals surface area contributed by atoms with Crippen molar-refractivity contribution in [3.05, 3.63) is 0 Å². The molecule has 1 saturated heterocycles. The van der Waals surface area contributed by atoms with Crippen molar-refractivity contribution >= 4 is 6.03 Å². The van der Waals surface area contributed by atoms with E-state index in [1.165, 1.54) is 11.3 Å². The Hall–Kier alpha value is -0.810. The Morgan fingerprint density at radius 2 is 2.29 bits per heavy atom. The van der Waals surface area contributed by atoms with Crippen LogP contribution in [0.15, 0.2) is 0 Å². The van der Waals surface area contributed by atoms with Crippen molar-refractivity contribution in [2.45, 2.75) is 12.5 Å². The minimum atomic E-state index is -0.0312. The second-order valence-electron chi connectivity index (χ2n) is 3.77. The molecule has 5 heteroatoms. The zero-order valence-electron chi connectivity index (χ0n) is 8.97. The maximum Gasteiger partial charge on any atom is 0.316 e. The molecule has 1 unspecified atom stereocenters. The highest BCUT2D eigenvalue weighted by atomic mass is 16.2. The van der Waals surface area contributed by atoms with Gasteiger partial charge >= 0.3 is 6.03 Å².